The van der Waals surface area contributed by atoms with Crippen molar-refractivity contribution in [1.29, 1.82) is 0 Å². The highest BCUT2D eigenvalue weighted by molar-refractivity contribution is 6.13. The van der Waals surface area contributed by atoms with E-state index in [-0.39, 0.29) is 11.5 Å². The van der Waals surface area contributed by atoms with Crippen LogP contribution >= 0.6 is 0 Å². The first-order valence-corrected chi connectivity index (χ1v) is 19.9. The van der Waals surface area contributed by atoms with Crippen LogP contribution in [0.15, 0.2) is 182 Å². The van der Waals surface area contributed by atoms with Gasteiger partial charge in [0.1, 0.15) is 0 Å². The predicted molar refractivity (Wildman–Crippen MR) is 233 cm³/mol. The van der Waals surface area contributed by atoms with E-state index in [1.54, 1.807) is 0 Å². The third-order valence-electron chi connectivity index (χ3n) is 12.6. The van der Waals surface area contributed by atoms with Crippen LogP contribution in [0.4, 0.5) is 5.69 Å². The molecule has 262 valence electrons. The number of nitrogens with one attached hydrogen (secondary N) is 1. The molecule has 0 aromatic heterocycles. The van der Waals surface area contributed by atoms with E-state index in [9.17, 15) is 0 Å². The van der Waals surface area contributed by atoms with Gasteiger partial charge < -0.3 is 5.32 Å². The molecule has 0 bridgehead atoms. The van der Waals surface area contributed by atoms with Gasteiger partial charge in [0.15, 0.2) is 0 Å². The Balaban J connectivity index is 0.00000173. The minimum Gasteiger partial charge on any atom is -0.374 e. The average Bonchev–Trinajstić information content (AvgIpc) is 3.73. The zero-order valence-corrected chi connectivity index (χ0v) is 31.2. The normalized spacial score (nSPS) is 18.1. The Labute approximate surface area is 323 Å². The van der Waals surface area contributed by atoms with Gasteiger partial charge in [-0.25, -0.2) is 0 Å². The Morgan fingerprint density at radius 3 is 1.98 bits per heavy atom. The summed E-state index contributed by atoms with van der Waals surface area (Å²) < 4.78 is 0. The van der Waals surface area contributed by atoms with Crippen LogP contribution in [0, 0.1) is 0 Å². The maximum Gasteiger partial charge on any atom is 0.0773 e. The number of hydrogen-bond donors (Lipinski definition) is 1. The first kappa shape index (κ1) is 32.0. The van der Waals surface area contributed by atoms with E-state index in [0.717, 1.165) is 12.8 Å². The van der Waals surface area contributed by atoms with E-state index in [4.69, 9.17) is 0 Å². The molecule has 0 amide bonds. The molecule has 2 unspecified atom stereocenters. The van der Waals surface area contributed by atoms with E-state index >= 15 is 0 Å². The van der Waals surface area contributed by atoms with Crippen molar-refractivity contribution in [3.63, 3.8) is 0 Å². The highest BCUT2D eigenvalue weighted by atomic mass is 14.9. The van der Waals surface area contributed by atoms with Gasteiger partial charge in [0.2, 0.25) is 0 Å². The van der Waals surface area contributed by atoms with Gasteiger partial charge in [0, 0.05) is 11.3 Å². The van der Waals surface area contributed by atoms with E-state index < -0.39 is 0 Å². The Kier molecular flexibility index (Phi) is 7.16. The fourth-order valence-corrected chi connectivity index (χ4v) is 10.4. The van der Waals surface area contributed by atoms with Gasteiger partial charge in [-0.05, 0) is 131 Å². The van der Waals surface area contributed by atoms with Crippen LogP contribution in [0.25, 0.3) is 60.5 Å². The third kappa shape index (κ3) is 4.41. The lowest BCUT2D eigenvalue weighted by Crippen LogP contribution is -2.27. The number of para-hydroxylation sites is 1. The summed E-state index contributed by atoms with van der Waals surface area (Å²) in [5, 5.41) is 9.16. The molecule has 1 aliphatic heterocycles. The molecule has 1 heteroatoms. The van der Waals surface area contributed by atoms with Crippen LogP contribution in [0.5, 0.6) is 0 Å². The second-order valence-corrected chi connectivity index (χ2v) is 15.1. The predicted octanol–water partition coefficient (Wildman–Crippen LogP) is 14.3. The highest BCUT2D eigenvalue weighted by Crippen LogP contribution is 2.64. The number of hydrogen-bond acceptors (Lipinski definition) is 1. The first-order chi connectivity index (χ1) is 27.3. The van der Waals surface area contributed by atoms with Crippen LogP contribution in [0.2, 0.25) is 0 Å². The Morgan fingerprint density at radius 2 is 1.16 bits per heavy atom. The molecule has 0 saturated heterocycles. The largest absolute Gasteiger partial charge is 0.374 e. The monoisotopic (exact) mass is 703 g/mol. The van der Waals surface area contributed by atoms with Crippen molar-refractivity contribution in [3.8, 4) is 33.4 Å². The van der Waals surface area contributed by atoms with Crippen molar-refractivity contribution in [1.82, 2.24) is 0 Å². The number of benzene rings is 8. The molecule has 4 aliphatic rings. The van der Waals surface area contributed by atoms with Gasteiger partial charge in [-0.2, -0.15) is 0 Å². The average molecular weight is 704 g/mol. The van der Waals surface area contributed by atoms with Gasteiger partial charge in [0.25, 0.3) is 0 Å². The minimum atomic E-state index is -0.316. The summed E-state index contributed by atoms with van der Waals surface area (Å²) in [4.78, 5) is 0. The number of allylic oxidation sites excluding steroid dienone is 4. The Bertz CT molecular complexity index is 2920. The van der Waals surface area contributed by atoms with E-state index in [0.29, 0.717) is 0 Å². The molecule has 8 aromatic rings. The summed E-state index contributed by atoms with van der Waals surface area (Å²) in [6.45, 7) is 4.00. The van der Waals surface area contributed by atoms with E-state index in [1.165, 1.54) is 105 Å². The van der Waals surface area contributed by atoms with E-state index in [2.05, 4.69) is 181 Å². The van der Waals surface area contributed by atoms with Crippen LogP contribution < -0.4 is 5.32 Å². The van der Waals surface area contributed by atoms with E-state index in [1.807, 2.05) is 13.8 Å². The molecular weight excluding hydrogens is 663 g/mol. The molecule has 0 fully saturated rings. The summed E-state index contributed by atoms with van der Waals surface area (Å²) in [5.74, 6) is 0. The van der Waals surface area contributed by atoms with Crippen LogP contribution in [-0.2, 0) is 5.41 Å². The minimum absolute atomic E-state index is 0.0107. The maximum atomic E-state index is 4.00. The SMILES string of the molecule is C1=CC2=C(CC1)c1ccccc1C21c2ccccc2-c2cc3c(cc21)-c1ccccc1NC3c1ccc(-c2cc3ccccc3c3ccccc23)cc1.CC. The molecule has 1 spiro atoms. The van der Waals surface area contributed by atoms with Crippen molar-refractivity contribution < 1.29 is 0 Å². The summed E-state index contributed by atoms with van der Waals surface area (Å²) >= 11 is 0. The molecule has 1 nitrogen and oxygen atoms in total. The molecule has 3 aliphatic carbocycles. The lowest BCUT2D eigenvalue weighted by Gasteiger charge is -2.35. The topological polar surface area (TPSA) is 12.0 Å². The molecule has 55 heavy (non-hydrogen) atoms. The summed E-state index contributed by atoms with van der Waals surface area (Å²) in [6, 6.07) is 61.6. The Hall–Kier alpha value is -6.44. The van der Waals surface area contributed by atoms with Crippen LogP contribution in [0.3, 0.4) is 0 Å². The van der Waals surface area contributed by atoms with Crippen LogP contribution in [-0.4, -0.2) is 0 Å². The highest BCUT2D eigenvalue weighted by Gasteiger charge is 2.53. The Morgan fingerprint density at radius 1 is 0.509 bits per heavy atom. The smallest absolute Gasteiger partial charge is 0.0773 e. The number of fused-ring (bicyclic) bond motifs is 15. The number of rotatable bonds is 2. The van der Waals surface area contributed by atoms with Crippen molar-refractivity contribution in [2.24, 2.45) is 0 Å². The lowest BCUT2D eigenvalue weighted by molar-refractivity contribution is 0.779. The molecule has 1 N–H and O–H groups in total. The maximum absolute atomic E-state index is 4.00. The molecule has 0 saturated carbocycles. The quantitative estimate of drug-likeness (QED) is 0.177. The third-order valence-corrected chi connectivity index (χ3v) is 12.6. The lowest BCUT2D eigenvalue weighted by atomic mass is 9.68. The van der Waals surface area contributed by atoms with Crippen molar-refractivity contribution >= 4 is 32.8 Å². The van der Waals surface area contributed by atoms with Crippen molar-refractivity contribution in [2.75, 3.05) is 5.32 Å². The van der Waals surface area contributed by atoms with Gasteiger partial charge in [-0.15, -0.1) is 0 Å². The van der Waals surface area contributed by atoms with Gasteiger partial charge in [0.05, 0.1) is 11.5 Å². The molecule has 2 atom stereocenters. The summed E-state index contributed by atoms with van der Waals surface area (Å²) in [7, 11) is 0. The molecule has 8 aromatic carbocycles. The van der Waals surface area contributed by atoms with Crippen LogP contribution in [0.1, 0.15) is 66.1 Å². The first-order valence-electron chi connectivity index (χ1n) is 19.9. The van der Waals surface area contributed by atoms with Crippen molar-refractivity contribution in [3.05, 3.63) is 215 Å². The van der Waals surface area contributed by atoms with Gasteiger partial charge >= 0.3 is 0 Å². The van der Waals surface area contributed by atoms with Gasteiger partial charge in [-0.3, -0.25) is 0 Å². The zero-order valence-electron chi connectivity index (χ0n) is 31.2. The summed E-state index contributed by atoms with van der Waals surface area (Å²) in [5.41, 5.74) is 19.9. The second kappa shape index (κ2) is 12.3. The molecule has 12 rings (SSSR count). The fraction of sp³-hybridized carbons (Fsp3) is 0.111. The summed E-state index contributed by atoms with van der Waals surface area (Å²) in [6.07, 6.45) is 7.03. The second-order valence-electron chi connectivity index (χ2n) is 15.1. The fourth-order valence-electron chi connectivity index (χ4n) is 10.4. The zero-order chi connectivity index (χ0) is 36.7. The van der Waals surface area contributed by atoms with Crippen molar-refractivity contribution in [2.45, 2.75) is 38.1 Å². The molecular formula is C54H41N. The standard InChI is InChI=1S/C52H35N.C2H6/c1-2-14-35-34(13-1)29-42(37-16-4-3-15-36(35)37)32-25-27-33(28-26-32)51-45-30-44-40-19-7-11-23-48(40)52(49(44)31-43(45)41-20-8-12-24-50(41)53-51)46-21-9-5-17-38(46)39-18-6-10-22-47(39)52;1-2/h1-5,7-17,19-31,51,53H,6,18H2;1-2H3. The molecule has 0 radical (unpaired) electrons. The van der Waals surface area contributed by atoms with Gasteiger partial charge in [-0.1, -0.05) is 166 Å². The number of anilines is 1. The molecule has 1 heterocycles.